The Kier molecular flexibility index (Phi) is 5.03. The molecule has 2 N–H and O–H groups in total. The Bertz CT molecular complexity index is 828. The number of aryl methyl sites for hydroxylation is 1. The highest BCUT2D eigenvalue weighted by Crippen LogP contribution is 2.35. The van der Waals surface area contributed by atoms with Crippen LogP contribution in [0.2, 0.25) is 0 Å². The summed E-state index contributed by atoms with van der Waals surface area (Å²) in [5.41, 5.74) is 2.35. The summed E-state index contributed by atoms with van der Waals surface area (Å²) >= 11 is 3.03. The minimum Gasteiger partial charge on any atom is -0.548 e. The zero-order valence-electron chi connectivity index (χ0n) is 13.1. The predicted octanol–water partition coefficient (Wildman–Crippen LogP) is 2.56. The summed E-state index contributed by atoms with van der Waals surface area (Å²) in [6, 6.07) is 9.73. The Morgan fingerprint density at radius 2 is 2.00 bits per heavy atom. The molecule has 0 saturated carbocycles. The molecule has 2 atom stereocenters. The molecule has 5 nitrogen and oxygen atoms in total. The molecule has 2 amide bonds. The lowest BCUT2D eigenvalue weighted by atomic mass is 9.93. The first kappa shape index (κ1) is 17.4. The van der Waals surface area contributed by atoms with Crippen molar-refractivity contribution in [2.75, 3.05) is 5.32 Å². The number of urea groups is 1. The molecule has 0 spiro atoms. The van der Waals surface area contributed by atoms with Crippen LogP contribution in [0.5, 0.6) is 0 Å². The molecule has 0 radical (unpaired) electrons. The van der Waals surface area contributed by atoms with Crippen molar-refractivity contribution in [1.82, 2.24) is 5.32 Å². The van der Waals surface area contributed by atoms with Crippen molar-refractivity contribution >= 4 is 33.6 Å². The lowest BCUT2D eigenvalue weighted by molar-refractivity contribution is -0.308. The molecule has 2 unspecified atom stereocenters. The highest BCUT2D eigenvalue weighted by atomic mass is 79.9. The summed E-state index contributed by atoms with van der Waals surface area (Å²) in [6.07, 6.45) is 1.39. The Labute approximate surface area is 152 Å². The van der Waals surface area contributed by atoms with E-state index in [-0.39, 0.29) is 10.4 Å². The number of anilines is 1. The Balaban J connectivity index is 1.73. The highest BCUT2D eigenvalue weighted by Gasteiger charge is 2.31. The van der Waals surface area contributed by atoms with E-state index in [1.165, 1.54) is 18.2 Å². The number of carbonyl (C=O) groups is 2. The number of carboxylic acid groups (broad SMARTS) is 1. The molecule has 25 heavy (non-hydrogen) atoms. The van der Waals surface area contributed by atoms with Gasteiger partial charge in [0.05, 0.1) is 16.5 Å². The largest absolute Gasteiger partial charge is 0.548 e. The third kappa shape index (κ3) is 3.82. The number of halogens is 2. The van der Waals surface area contributed by atoms with Crippen LogP contribution in [0.4, 0.5) is 14.9 Å². The third-order valence-corrected chi connectivity index (χ3v) is 4.91. The van der Waals surface area contributed by atoms with Crippen LogP contribution in [0.3, 0.4) is 0 Å². The summed E-state index contributed by atoms with van der Waals surface area (Å²) in [6.45, 7) is 0. The van der Waals surface area contributed by atoms with Gasteiger partial charge in [0, 0.05) is 11.6 Å². The van der Waals surface area contributed by atoms with Gasteiger partial charge in [-0.05, 0) is 58.1 Å². The molecule has 1 aliphatic rings. The summed E-state index contributed by atoms with van der Waals surface area (Å²) < 4.78 is 13.4. The number of aliphatic carboxylic acids is 1. The van der Waals surface area contributed by atoms with Crippen molar-refractivity contribution < 1.29 is 19.1 Å². The van der Waals surface area contributed by atoms with Crippen LogP contribution in [0, 0.1) is 5.82 Å². The van der Waals surface area contributed by atoms with Crippen molar-refractivity contribution in [2.45, 2.75) is 24.8 Å². The molecule has 0 heterocycles. The molecule has 7 heteroatoms. The fraction of sp³-hybridized carbons (Fsp3) is 0.222. The summed E-state index contributed by atoms with van der Waals surface area (Å²) in [5, 5.41) is 16.5. The fourth-order valence-corrected chi connectivity index (χ4v) is 3.52. The lowest BCUT2D eigenvalue weighted by Gasteiger charge is -2.26. The monoisotopic (exact) mass is 405 g/mol. The second kappa shape index (κ2) is 7.23. The van der Waals surface area contributed by atoms with Gasteiger partial charge in [-0.15, -0.1) is 0 Å². The van der Waals surface area contributed by atoms with Crippen LogP contribution < -0.4 is 15.7 Å². The number of hydrogen-bond donors (Lipinski definition) is 2. The Morgan fingerprint density at radius 3 is 2.72 bits per heavy atom. The van der Waals surface area contributed by atoms with Crippen molar-refractivity contribution in [2.24, 2.45) is 0 Å². The first-order valence-electron chi connectivity index (χ1n) is 7.77. The predicted molar refractivity (Wildman–Crippen MR) is 92.6 cm³/mol. The van der Waals surface area contributed by atoms with Crippen LogP contribution >= 0.6 is 15.9 Å². The Hall–Kier alpha value is -2.41. The van der Waals surface area contributed by atoms with Crippen molar-refractivity contribution in [3.05, 3.63) is 63.9 Å². The maximum absolute atomic E-state index is 13.2. The van der Waals surface area contributed by atoms with E-state index < -0.39 is 23.9 Å². The molecule has 0 aromatic heterocycles. The molecule has 0 bridgehead atoms. The maximum Gasteiger partial charge on any atom is 0.319 e. The van der Waals surface area contributed by atoms with Crippen molar-refractivity contribution in [3.63, 3.8) is 0 Å². The number of carbonyl (C=O) groups excluding carboxylic acids is 2. The lowest BCUT2D eigenvalue weighted by Crippen LogP contribution is -2.52. The van der Waals surface area contributed by atoms with Gasteiger partial charge in [-0.1, -0.05) is 24.3 Å². The molecule has 2 aromatic rings. The fourth-order valence-electron chi connectivity index (χ4n) is 3.14. The van der Waals surface area contributed by atoms with Gasteiger partial charge in [0.2, 0.25) is 0 Å². The minimum absolute atomic E-state index is 0.200. The maximum atomic E-state index is 13.2. The molecule has 0 fully saturated rings. The molecule has 1 aliphatic carbocycles. The van der Waals surface area contributed by atoms with E-state index in [1.807, 2.05) is 24.3 Å². The second-order valence-corrected chi connectivity index (χ2v) is 6.72. The smallest absolute Gasteiger partial charge is 0.319 e. The third-order valence-electron chi connectivity index (χ3n) is 4.30. The number of fused-ring (bicyclic) bond motifs is 1. The van der Waals surface area contributed by atoms with Crippen LogP contribution in [0.1, 0.15) is 23.5 Å². The first-order valence-corrected chi connectivity index (χ1v) is 8.56. The zero-order chi connectivity index (χ0) is 18.0. The first-order chi connectivity index (χ1) is 12.0. The van der Waals surface area contributed by atoms with Gasteiger partial charge >= 0.3 is 6.03 Å². The SMILES string of the molecule is O=C(Nc1ccc(F)c(Br)c1)NC(C(=O)[O-])C1CCc2ccccc21. The zero-order valence-corrected chi connectivity index (χ0v) is 14.7. The van der Waals surface area contributed by atoms with Gasteiger partial charge in [-0.25, -0.2) is 9.18 Å². The van der Waals surface area contributed by atoms with Crippen LogP contribution in [0.25, 0.3) is 0 Å². The average molecular weight is 406 g/mol. The summed E-state index contributed by atoms with van der Waals surface area (Å²) in [4.78, 5) is 23.7. The number of benzene rings is 2. The molecule has 2 aromatic carbocycles. The molecular weight excluding hydrogens is 391 g/mol. The normalized spacial score (nSPS) is 16.8. The minimum atomic E-state index is -1.34. The number of amides is 2. The number of nitrogens with one attached hydrogen (secondary N) is 2. The standard InChI is InChI=1S/C18H16BrFN2O3/c19-14-9-11(6-8-15(14)20)21-18(25)22-16(17(23)24)13-7-5-10-3-1-2-4-12(10)13/h1-4,6,8-9,13,16H,5,7H2,(H,23,24)(H2,21,22,25)/p-1. The number of hydrogen-bond acceptors (Lipinski definition) is 3. The van der Waals surface area contributed by atoms with E-state index in [0.717, 1.165) is 17.5 Å². The van der Waals surface area contributed by atoms with E-state index in [4.69, 9.17) is 0 Å². The second-order valence-electron chi connectivity index (χ2n) is 5.87. The van der Waals surface area contributed by atoms with Crippen molar-refractivity contribution in [1.29, 1.82) is 0 Å². The van der Waals surface area contributed by atoms with Crippen LogP contribution in [-0.2, 0) is 11.2 Å². The van der Waals surface area contributed by atoms with Gasteiger partial charge in [0.15, 0.2) is 0 Å². The van der Waals surface area contributed by atoms with Crippen LogP contribution in [-0.4, -0.2) is 18.0 Å². The highest BCUT2D eigenvalue weighted by molar-refractivity contribution is 9.10. The number of carboxylic acids is 1. The quantitative estimate of drug-likeness (QED) is 0.819. The molecule has 0 saturated heterocycles. The van der Waals surface area contributed by atoms with Gasteiger partial charge in [-0.2, -0.15) is 0 Å². The molecule has 3 rings (SSSR count). The van der Waals surface area contributed by atoms with E-state index in [2.05, 4.69) is 26.6 Å². The van der Waals surface area contributed by atoms with Gasteiger partial charge in [0.1, 0.15) is 5.82 Å². The van der Waals surface area contributed by atoms with E-state index in [0.29, 0.717) is 12.1 Å². The van der Waals surface area contributed by atoms with Crippen LogP contribution in [0.15, 0.2) is 46.9 Å². The topological polar surface area (TPSA) is 81.3 Å². The summed E-state index contributed by atoms with van der Waals surface area (Å²) in [7, 11) is 0. The number of rotatable bonds is 4. The van der Waals surface area contributed by atoms with E-state index in [1.54, 1.807) is 0 Å². The van der Waals surface area contributed by atoms with E-state index >= 15 is 0 Å². The molecule has 0 aliphatic heterocycles. The molecule has 130 valence electrons. The van der Waals surface area contributed by atoms with Crippen molar-refractivity contribution in [3.8, 4) is 0 Å². The van der Waals surface area contributed by atoms with Gasteiger partial charge < -0.3 is 20.5 Å². The van der Waals surface area contributed by atoms with E-state index in [9.17, 15) is 19.1 Å². The molecular formula is C18H15BrFN2O3-. The Morgan fingerprint density at radius 1 is 1.24 bits per heavy atom. The average Bonchev–Trinajstić information content (AvgIpc) is 2.99. The van der Waals surface area contributed by atoms with Gasteiger partial charge in [-0.3, -0.25) is 0 Å². The summed E-state index contributed by atoms with van der Waals surface area (Å²) in [5.74, 6) is -2.13. The van der Waals surface area contributed by atoms with Gasteiger partial charge in [0.25, 0.3) is 0 Å².